The van der Waals surface area contributed by atoms with Gasteiger partial charge in [-0.2, -0.15) is 0 Å². The second-order valence-corrected chi connectivity index (χ2v) is 16.3. The standard InChI is InChI=1S/C53H92O6/c1-4-7-10-13-16-19-22-25-26-29-31-34-37-40-43-46-52(55)58-49-50(59-53(56)47-44-41-38-35-32-28-24-21-18-15-12-9-6-3)48-57-51(54)45-42-39-36-33-30-27-23-20-17-14-11-8-5-2/h7,10,16,19-21,23-26,50H,4-6,8-9,11-15,17-18,22,27-49H2,1-3H3/b10-7+,19-16+,23-20+,24-21+,26-25+/t50-/m1/s1. The summed E-state index contributed by atoms with van der Waals surface area (Å²) in [5.41, 5.74) is 0. The van der Waals surface area contributed by atoms with Crippen LogP contribution in [-0.2, 0) is 28.6 Å². The monoisotopic (exact) mass is 825 g/mol. The van der Waals surface area contributed by atoms with Gasteiger partial charge < -0.3 is 14.2 Å². The summed E-state index contributed by atoms with van der Waals surface area (Å²) in [7, 11) is 0. The molecule has 6 nitrogen and oxygen atoms in total. The molecular weight excluding hydrogens is 733 g/mol. The van der Waals surface area contributed by atoms with E-state index in [4.69, 9.17) is 14.2 Å². The van der Waals surface area contributed by atoms with E-state index >= 15 is 0 Å². The van der Waals surface area contributed by atoms with E-state index in [2.05, 4.69) is 81.5 Å². The highest BCUT2D eigenvalue weighted by Crippen LogP contribution is 2.13. The maximum Gasteiger partial charge on any atom is 0.306 e. The minimum Gasteiger partial charge on any atom is -0.462 e. The highest BCUT2D eigenvalue weighted by atomic mass is 16.6. The predicted molar refractivity (Wildman–Crippen MR) is 251 cm³/mol. The SMILES string of the molecule is CC/C=C/C/C=C/C/C=C/CCCCCCCC(=O)OC[C@@H](COC(=O)CCCCCCC/C=C/CCCCCC)OC(=O)CCCCCCC/C=C/CCCCCC. The summed E-state index contributed by atoms with van der Waals surface area (Å²) in [4.78, 5) is 37.9. The highest BCUT2D eigenvalue weighted by Gasteiger charge is 2.19. The first-order valence-corrected chi connectivity index (χ1v) is 24.8. The van der Waals surface area contributed by atoms with Gasteiger partial charge in [0.05, 0.1) is 0 Å². The number of hydrogen-bond donors (Lipinski definition) is 0. The lowest BCUT2D eigenvalue weighted by Crippen LogP contribution is -2.30. The van der Waals surface area contributed by atoms with Gasteiger partial charge in [0.25, 0.3) is 0 Å². The average molecular weight is 825 g/mol. The molecule has 0 heterocycles. The summed E-state index contributed by atoms with van der Waals surface area (Å²) in [6.45, 7) is 6.46. The van der Waals surface area contributed by atoms with Crippen molar-refractivity contribution in [3.8, 4) is 0 Å². The Balaban J connectivity index is 4.43. The van der Waals surface area contributed by atoms with Gasteiger partial charge >= 0.3 is 17.9 Å². The van der Waals surface area contributed by atoms with Crippen LogP contribution >= 0.6 is 0 Å². The molecule has 0 aromatic carbocycles. The quantitative estimate of drug-likeness (QED) is 0.0263. The van der Waals surface area contributed by atoms with Gasteiger partial charge in [-0.3, -0.25) is 14.4 Å². The lowest BCUT2D eigenvalue weighted by atomic mass is 10.1. The predicted octanol–water partition coefficient (Wildman–Crippen LogP) is 16.1. The summed E-state index contributed by atoms with van der Waals surface area (Å²) >= 11 is 0. The fraction of sp³-hybridized carbons (Fsp3) is 0.755. The maximum absolute atomic E-state index is 12.8. The third kappa shape index (κ3) is 46.0. The third-order valence-corrected chi connectivity index (χ3v) is 10.5. The largest absolute Gasteiger partial charge is 0.462 e. The normalized spacial score (nSPS) is 12.5. The Morgan fingerprint density at radius 1 is 0.356 bits per heavy atom. The Hall–Kier alpha value is -2.89. The van der Waals surface area contributed by atoms with Crippen molar-refractivity contribution >= 4 is 17.9 Å². The molecule has 0 unspecified atom stereocenters. The van der Waals surface area contributed by atoms with Gasteiger partial charge in [-0.1, -0.05) is 178 Å². The molecule has 0 aromatic rings. The fourth-order valence-corrected chi connectivity index (χ4v) is 6.74. The van der Waals surface area contributed by atoms with E-state index in [1.54, 1.807) is 0 Å². The van der Waals surface area contributed by atoms with Crippen LogP contribution in [0.25, 0.3) is 0 Å². The number of carbonyl (C=O) groups is 3. The Morgan fingerprint density at radius 3 is 1.05 bits per heavy atom. The molecule has 340 valence electrons. The Morgan fingerprint density at radius 2 is 0.661 bits per heavy atom. The molecule has 0 aliphatic heterocycles. The number of allylic oxidation sites excluding steroid dienone is 10. The van der Waals surface area contributed by atoms with Gasteiger partial charge in [-0.05, 0) is 103 Å². The Kier molecular flexibility index (Phi) is 45.4. The first-order valence-electron chi connectivity index (χ1n) is 24.8. The molecule has 0 saturated carbocycles. The van der Waals surface area contributed by atoms with Crippen molar-refractivity contribution in [1.82, 2.24) is 0 Å². The fourth-order valence-electron chi connectivity index (χ4n) is 6.74. The van der Waals surface area contributed by atoms with Crippen LogP contribution in [0.1, 0.15) is 239 Å². The average Bonchev–Trinajstić information content (AvgIpc) is 3.23. The van der Waals surface area contributed by atoms with E-state index in [1.165, 1.54) is 83.5 Å². The lowest BCUT2D eigenvalue weighted by molar-refractivity contribution is -0.167. The van der Waals surface area contributed by atoms with Crippen molar-refractivity contribution < 1.29 is 28.6 Å². The summed E-state index contributed by atoms with van der Waals surface area (Å²) in [6, 6.07) is 0. The molecule has 0 rings (SSSR count). The number of ether oxygens (including phenoxy) is 3. The van der Waals surface area contributed by atoms with Gasteiger partial charge in [0.1, 0.15) is 13.2 Å². The van der Waals surface area contributed by atoms with Crippen molar-refractivity contribution in [3.05, 3.63) is 60.8 Å². The van der Waals surface area contributed by atoms with Crippen LogP contribution in [-0.4, -0.2) is 37.2 Å². The molecule has 59 heavy (non-hydrogen) atoms. The molecule has 0 aliphatic rings. The third-order valence-electron chi connectivity index (χ3n) is 10.5. The Bertz CT molecular complexity index is 1090. The van der Waals surface area contributed by atoms with Crippen molar-refractivity contribution in [3.63, 3.8) is 0 Å². The number of rotatable bonds is 44. The maximum atomic E-state index is 12.8. The van der Waals surface area contributed by atoms with Crippen LogP contribution in [0.15, 0.2) is 60.8 Å². The molecule has 1 atom stereocenters. The first kappa shape index (κ1) is 56.1. The zero-order valence-corrected chi connectivity index (χ0v) is 38.8. The molecular formula is C53H92O6. The number of hydrogen-bond acceptors (Lipinski definition) is 6. The van der Waals surface area contributed by atoms with Crippen LogP contribution in [0.3, 0.4) is 0 Å². The van der Waals surface area contributed by atoms with Gasteiger partial charge in [-0.15, -0.1) is 0 Å². The highest BCUT2D eigenvalue weighted by molar-refractivity contribution is 5.71. The lowest BCUT2D eigenvalue weighted by Gasteiger charge is -2.18. The topological polar surface area (TPSA) is 78.9 Å². The molecule has 0 aromatic heterocycles. The molecule has 0 amide bonds. The summed E-state index contributed by atoms with van der Waals surface area (Å²) < 4.78 is 16.7. The van der Waals surface area contributed by atoms with Crippen molar-refractivity contribution in [2.45, 2.75) is 245 Å². The minimum absolute atomic E-state index is 0.0875. The van der Waals surface area contributed by atoms with Gasteiger partial charge in [-0.25, -0.2) is 0 Å². The van der Waals surface area contributed by atoms with Gasteiger partial charge in [0, 0.05) is 19.3 Å². The summed E-state index contributed by atoms with van der Waals surface area (Å²) in [5.74, 6) is -0.921. The molecule has 0 radical (unpaired) electrons. The zero-order valence-electron chi connectivity index (χ0n) is 38.8. The number of unbranched alkanes of at least 4 members (excludes halogenated alkanes) is 23. The van der Waals surface area contributed by atoms with Crippen LogP contribution in [0.5, 0.6) is 0 Å². The van der Waals surface area contributed by atoms with E-state index in [1.807, 2.05) is 0 Å². The summed E-state index contributed by atoms with van der Waals surface area (Å²) in [6.07, 6.45) is 57.7. The summed E-state index contributed by atoms with van der Waals surface area (Å²) in [5, 5.41) is 0. The van der Waals surface area contributed by atoms with Crippen molar-refractivity contribution in [2.24, 2.45) is 0 Å². The number of esters is 3. The van der Waals surface area contributed by atoms with Crippen LogP contribution in [0.4, 0.5) is 0 Å². The van der Waals surface area contributed by atoms with Crippen LogP contribution < -0.4 is 0 Å². The van der Waals surface area contributed by atoms with Crippen LogP contribution in [0, 0.1) is 0 Å². The second kappa shape index (κ2) is 47.8. The minimum atomic E-state index is -0.787. The molecule has 0 N–H and O–H groups in total. The number of carbonyl (C=O) groups excluding carboxylic acids is 3. The smallest absolute Gasteiger partial charge is 0.306 e. The van der Waals surface area contributed by atoms with E-state index in [9.17, 15) is 14.4 Å². The molecule has 0 aliphatic carbocycles. The molecule has 0 fully saturated rings. The molecule has 6 heteroatoms. The molecule has 0 bridgehead atoms. The zero-order chi connectivity index (χ0) is 43.0. The second-order valence-electron chi connectivity index (χ2n) is 16.3. The molecule has 0 saturated heterocycles. The van der Waals surface area contributed by atoms with Gasteiger partial charge in [0.2, 0.25) is 0 Å². The van der Waals surface area contributed by atoms with E-state index < -0.39 is 6.10 Å². The first-order chi connectivity index (χ1) is 29.0. The van der Waals surface area contributed by atoms with Crippen molar-refractivity contribution in [1.29, 1.82) is 0 Å². The van der Waals surface area contributed by atoms with E-state index in [0.29, 0.717) is 19.3 Å². The molecule has 0 spiro atoms. The van der Waals surface area contributed by atoms with Crippen LogP contribution in [0.2, 0.25) is 0 Å². The van der Waals surface area contributed by atoms with E-state index in [-0.39, 0.29) is 31.1 Å². The van der Waals surface area contributed by atoms with E-state index in [0.717, 1.165) is 116 Å². The Labute approximate surface area is 364 Å². The van der Waals surface area contributed by atoms with Gasteiger partial charge in [0.15, 0.2) is 6.10 Å². The van der Waals surface area contributed by atoms with Crippen molar-refractivity contribution in [2.75, 3.05) is 13.2 Å².